The molecule has 0 aliphatic rings. The van der Waals surface area contributed by atoms with Crippen LogP contribution in [0.25, 0.3) is 0 Å². The molecule has 1 heterocycles. The van der Waals surface area contributed by atoms with Crippen LogP contribution < -0.4 is 20.3 Å². The second kappa shape index (κ2) is 8.85. The molecule has 0 atom stereocenters. The lowest BCUT2D eigenvalue weighted by Gasteiger charge is -2.13. The second-order valence-corrected chi connectivity index (χ2v) is 6.36. The maximum Gasteiger partial charge on any atom is 0.258 e. The Morgan fingerprint density at radius 1 is 1.04 bits per heavy atom. The van der Waals surface area contributed by atoms with Gasteiger partial charge in [0.05, 0.1) is 12.7 Å². The minimum absolute atomic E-state index is 0.256. The number of para-hydroxylation sites is 1. The first-order chi connectivity index (χ1) is 13.6. The van der Waals surface area contributed by atoms with Gasteiger partial charge in [-0.25, -0.2) is 9.97 Å². The highest BCUT2D eigenvalue weighted by molar-refractivity contribution is 6.03. The summed E-state index contributed by atoms with van der Waals surface area (Å²) in [5.74, 6) is 0.984. The minimum atomic E-state index is -0.256. The summed E-state index contributed by atoms with van der Waals surface area (Å²) in [4.78, 5) is 22.8. The molecule has 0 saturated heterocycles. The van der Waals surface area contributed by atoms with E-state index in [1.807, 2.05) is 67.5 Å². The number of ether oxygens (including phenoxy) is 1. The van der Waals surface area contributed by atoms with Gasteiger partial charge in [-0.3, -0.25) is 4.79 Å². The van der Waals surface area contributed by atoms with Crippen molar-refractivity contribution in [3.63, 3.8) is 0 Å². The summed E-state index contributed by atoms with van der Waals surface area (Å²) in [6, 6.07) is 15.3. The molecule has 144 valence electrons. The number of rotatable bonds is 7. The molecule has 0 radical (unpaired) electrons. The Labute approximate surface area is 164 Å². The van der Waals surface area contributed by atoms with Gasteiger partial charge in [0.15, 0.2) is 0 Å². The number of nitrogens with zero attached hydrogens (tertiary/aromatic N) is 3. The fourth-order valence-electron chi connectivity index (χ4n) is 2.61. The summed E-state index contributed by atoms with van der Waals surface area (Å²) in [5.41, 5.74) is 3.16. The molecule has 0 bridgehead atoms. The minimum Gasteiger partial charge on any atom is -0.496 e. The van der Waals surface area contributed by atoms with Crippen LogP contribution in [0.3, 0.4) is 0 Å². The third-order valence-electron chi connectivity index (χ3n) is 4.19. The third-order valence-corrected chi connectivity index (χ3v) is 4.19. The van der Waals surface area contributed by atoms with Crippen LogP contribution in [-0.4, -0.2) is 37.1 Å². The van der Waals surface area contributed by atoms with Gasteiger partial charge in [0.25, 0.3) is 5.91 Å². The molecule has 0 fully saturated rings. The monoisotopic (exact) mass is 377 g/mol. The van der Waals surface area contributed by atoms with E-state index in [-0.39, 0.29) is 5.91 Å². The number of aromatic nitrogens is 2. The van der Waals surface area contributed by atoms with E-state index in [1.165, 1.54) is 12.4 Å². The molecule has 0 aliphatic heterocycles. The van der Waals surface area contributed by atoms with Crippen LogP contribution in [-0.2, 0) is 6.54 Å². The number of carbonyl (C=O) groups is 1. The van der Waals surface area contributed by atoms with Crippen LogP contribution in [0, 0.1) is 0 Å². The number of methoxy groups -OCH3 is 1. The molecule has 7 heteroatoms. The maximum absolute atomic E-state index is 12.4. The van der Waals surface area contributed by atoms with Crippen LogP contribution in [0.2, 0.25) is 0 Å². The zero-order valence-corrected chi connectivity index (χ0v) is 16.1. The number of amides is 1. The molecule has 0 unspecified atom stereocenters. The predicted octanol–water partition coefficient (Wildman–Crippen LogP) is 3.42. The second-order valence-electron chi connectivity index (χ2n) is 6.36. The van der Waals surface area contributed by atoms with Gasteiger partial charge >= 0.3 is 0 Å². The normalized spacial score (nSPS) is 10.2. The van der Waals surface area contributed by atoms with Gasteiger partial charge in [-0.05, 0) is 30.3 Å². The first-order valence-corrected chi connectivity index (χ1v) is 8.83. The summed E-state index contributed by atoms with van der Waals surface area (Å²) in [6.07, 6.45) is 3.00. The number of anilines is 3. The Balaban J connectivity index is 1.59. The maximum atomic E-state index is 12.4. The van der Waals surface area contributed by atoms with Crippen LogP contribution in [0.4, 0.5) is 17.3 Å². The highest BCUT2D eigenvalue weighted by Gasteiger charge is 2.09. The average Bonchev–Trinajstić information content (AvgIpc) is 2.73. The van der Waals surface area contributed by atoms with Crippen LogP contribution in [0.1, 0.15) is 15.9 Å². The topological polar surface area (TPSA) is 79.4 Å². The smallest absolute Gasteiger partial charge is 0.258 e. The molecule has 28 heavy (non-hydrogen) atoms. The number of nitrogens with one attached hydrogen (secondary N) is 2. The zero-order valence-electron chi connectivity index (χ0n) is 16.1. The summed E-state index contributed by atoms with van der Waals surface area (Å²) >= 11 is 0. The Kier molecular flexibility index (Phi) is 6.06. The summed E-state index contributed by atoms with van der Waals surface area (Å²) < 4.78 is 5.32. The predicted molar refractivity (Wildman–Crippen MR) is 111 cm³/mol. The van der Waals surface area contributed by atoms with E-state index < -0.39 is 0 Å². The molecule has 0 saturated carbocycles. The van der Waals surface area contributed by atoms with Crippen molar-refractivity contribution in [3.05, 3.63) is 72.1 Å². The molecular formula is C21H23N5O2. The standard InChI is InChI=1S/C21H23N5O2/c1-26(2)18-10-8-17(9-11-18)25-20(27)16-13-23-21(24-14-16)22-12-15-6-4-5-7-19(15)28-3/h4-11,13-14H,12H2,1-3H3,(H,25,27)(H,22,23,24). The molecule has 1 amide bonds. The van der Waals surface area contributed by atoms with Crippen molar-refractivity contribution in [1.82, 2.24) is 9.97 Å². The molecule has 7 nitrogen and oxygen atoms in total. The SMILES string of the molecule is COc1ccccc1CNc1ncc(C(=O)Nc2ccc(N(C)C)cc2)cn1. The Hall–Kier alpha value is -3.61. The number of benzene rings is 2. The largest absolute Gasteiger partial charge is 0.496 e. The van der Waals surface area contributed by atoms with Crippen molar-refractivity contribution in [2.75, 3.05) is 36.7 Å². The first-order valence-electron chi connectivity index (χ1n) is 8.83. The molecule has 3 aromatic rings. The molecule has 1 aromatic heterocycles. The fourth-order valence-corrected chi connectivity index (χ4v) is 2.61. The zero-order chi connectivity index (χ0) is 19.9. The van der Waals surface area contributed by atoms with Gasteiger partial charge in [0, 0.05) is 50.0 Å². The van der Waals surface area contributed by atoms with Crippen molar-refractivity contribution in [1.29, 1.82) is 0 Å². The van der Waals surface area contributed by atoms with Crippen molar-refractivity contribution in [2.45, 2.75) is 6.54 Å². The fraction of sp³-hybridized carbons (Fsp3) is 0.190. The average molecular weight is 377 g/mol. The number of hydrogen-bond acceptors (Lipinski definition) is 6. The van der Waals surface area contributed by atoms with Gasteiger partial charge < -0.3 is 20.3 Å². The molecule has 0 aliphatic carbocycles. The van der Waals surface area contributed by atoms with Gasteiger partial charge in [-0.2, -0.15) is 0 Å². The molecule has 2 N–H and O–H groups in total. The van der Waals surface area contributed by atoms with Gasteiger partial charge in [0.1, 0.15) is 5.75 Å². The van der Waals surface area contributed by atoms with E-state index in [1.54, 1.807) is 7.11 Å². The van der Waals surface area contributed by atoms with E-state index in [9.17, 15) is 4.79 Å². The number of carbonyl (C=O) groups excluding carboxylic acids is 1. The molecule has 3 rings (SSSR count). The lowest BCUT2D eigenvalue weighted by atomic mass is 10.2. The highest BCUT2D eigenvalue weighted by atomic mass is 16.5. The van der Waals surface area contributed by atoms with Crippen LogP contribution >= 0.6 is 0 Å². The van der Waals surface area contributed by atoms with Gasteiger partial charge in [-0.15, -0.1) is 0 Å². The molecule has 2 aromatic carbocycles. The van der Waals surface area contributed by atoms with E-state index in [0.717, 1.165) is 17.0 Å². The first kappa shape index (κ1) is 19.2. The molecular weight excluding hydrogens is 354 g/mol. The van der Waals surface area contributed by atoms with Crippen molar-refractivity contribution < 1.29 is 9.53 Å². The Morgan fingerprint density at radius 2 is 1.71 bits per heavy atom. The van der Waals surface area contributed by atoms with Gasteiger partial charge in [0.2, 0.25) is 5.95 Å². The summed E-state index contributed by atoms with van der Waals surface area (Å²) in [5, 5.41) is 5.97. The third kappa shape index (κ3) is 4.76. The van der Waals surface area contributed by atoms with Crippen LogP contribution in [0.15, 0.2) is 60.9 Å². The van der Waals surface area contributed by atoms with Crippen molar-refractivity contribution in [3.8, 4) is 5.75 Å². The highest BCUT2D eigenvalue weighted by Crippen LogP contribution is 2.18. The summed E-state index contributed by atoms with van der Waals surface area (Å²) in [6.45, 7) is 0.522. The van der Waals surface area contributed by atoms with Crippen molar-refractivity contribution in [2.24, 2.45) is 0 Å². The number of hydrogen-bond donors (Lipinski definition) is 2. The van der Waals surface area contributed by atoms with Crippen LogP contribution in [0.5, 0.6) is 5.75 Å². The van der Waals surface area contributed by atoms with E-state index in [0.29, 0.717) is 23.7 Å². The Bertz CT molecular complexity index is 924. The van der Waals surface area contributed by atoms with E-state index in [2.05, 4.69) is 20.6 Å². The van der Waals surface area contributed by atoms with Crippen molar-refractivity contribution >= 4 is 23.2 Å². The molecule has 0 spiro atoms. The quantitative estimate of drug-likeness (QED) is 0.657. The van der Waals surface area contributed by atoms with E-state index in [4.69, 9.17) is 4.74 Å². The van der Waals surface area contributed by atoms with Gasteiger partial charge in [-0.1, -0.05) is 18.2 Å². The summed E-state index contributed by atoms with van der Waals surface area (Å²) in [7, 11) is 5.57. The lowest BCUT2D eigenvalue weighted by molar-refractivity contribution is 0.102. The van der Waals surface area contributed by atoms with E-state index >= 15 is 0 Å². The Morgan fingerprint density at radius 3 is 2.36 bits per heavy atom. The lowest BCUT2D eigenvalue weighted by Crippen LogP contribution is -2.14.